The summed E-state index contributed by atoms with van der Waals surface area (Å²) in [5.74, 6) is 0.641. The van der Waals surface area contributed by atoms with Crippen LogP contribution < -0.4 is 4.74 Å². The van der Waals surface area contributed by atoms with Crippen molar-refractivity contribution >= 4 is 17.6 Å². The summed E-state index contributed by atoms with van der Waals surface area (Å²) in [6.07, 6.45) is 1.47. The molecule has 0 aliphatic rings. The van der Waals surface area contributed by atoms with Gasteiger partial charge in [0.2, 0.25) is 0 Å². The molecule has 0 aliphatic carbocycles. The van der Waals surface area contributed by atoms with Crippen molar-refractivity contribution in [3.63, 3.8) is 0 Å². The number of aromatic nitrogens is 2. The van der Waals surface area contributed by atoms with Crippen molar-refractivity contribution in [2.45, 2.75) is 20.0 Å². The minimum atomic E-state index is -0.563. The van der Waals surface area contributed by atoms with E-state index in [1.165, 1.54) is 13.3 Å². The zero-order chi connectivity index (χ0) is 15.4. The summed E-state index contributed by atoms with van der Waals surface area (Å²) in [6, 6.07) is 7.34. The fourth-order valence-corrected chi connectivity index (χ4v) is 1.91. The molecule has 0 radical (unpaired) electrons. The van der Waals surface area contributed by atoms with E-state index in [4.69, 9.17) is 16.3 Å². The summed E-state index contributed by atoms with van der Waals surface area (Å²) in [5.41, 5.74) is 0.923. The van der Waals surface area contributed by atoms with E-state index in [9.17, 15) is 4.79 Å². The van der Waals surface area contributed by atoms with E-state index in [-0.39, 0.29) is 16.8 Å². The number of ether oxygens (including phenoxy) is 2. The van der Waals surface area contributed by atoms with E-state index >= 15 is 0 Å². The summed E-state index contributed by atoms with van der Waals surface area (Å²) < 4.78 is 10.2. The minimum Gasteiger partial charge on any atom is -0.491 e. The number of nitrogens with zero attached hydrogens (tertiary/aromatic N) is 2. The van der Waals surface area contributed by atoms with Crippen LogP contribution >= 0.6 is 11.6 Å². The van der Waals surface area contributed by atoms with Gasteiger partial charge in [-0.2, -0.15) is 0 Å². The summed E-state index contributed by atoms with van der Waals surface area (Å²) in [4.78, 5) is 19.7. The fraction of sp³-hybridized carbons (Fsp3) is 0.267. The maximum Gasteiger partial charge on any atom is 0.342 e. The number of benzene rings is 1. The van der Waals surface area contributed by atoms with Gasteiger partial charge in [-0.3, -0.25) is 0 Å². The van der Waals surface area contributed by atoms with Gasteiger partial charge in [0, 0.05) is 11.8 Å². The van der Waals surface area contributed by atoms with Gasteiger partial charge < -0.3 is 9.47 Å². The van der Waals surface area contributed by atoms with Crippen LogP contribution in [0.4, 0.5) is 0 Å². The SMILES string of the molecule is COC(=O)c1cnc(-c2ccc(OC(C)C)cc2)nc1Cl. The molecular weight excluding hydrogens is 292 g/mol. The van der Waals surface area contributed by atoms with Crippen LogP contribution in [0.3, 0.4) is 0 Å². The van der Waals surface area contributed by atoms with Gasteiger partial charge in [0.05, 0.1) is 13.2 Å². The standard InChI is InChI=1S/C15H15ClN2O3/c1-9(2)21-11-6-4-10(5-7-11)14-17-8-12(13(16)18-14)15(19)20-3/h4-9H,1-3H3. The Morgan fingerprint density at radius 3 is 2.43 bits per heavy atom. The molecule has 0 saturated carbocycles. The average Bonchev–Trinajstić information content (AvgIpc) is 2.46. The lowest BCUT2D eigenvalue weighted by atomic mass is 10.2. The first-order chi connectivity index (χ1) is 10.0. The Kier molecular flexibility index (Phi) is 4.75. The molecule has 0 atom stereocenters. The van der Waals surface area contributed by atoms with Crippen LogP contribution in [0.5, 0.6) is 5.75 Å². The largest absolute Gasteiger partial charge is 0.491 e. The Balaban J connectivity index is 2.26. The van der Waals surface area contributed by atoms with Crippen LogP contribution in [-0.4, -0.2) is 29.2 Å². The molecule has 0 bridgehead atoms. The number of hydrogen-bond acceptors (Lipinski definition) is 5. The first kappa shape index (κ1) is 15.3. The molecule has 5 nitrogen and oxygen atoms in total. The molecule has 1 aromatic carbocycles. The Hall–Kier alpha value is -2.14. The van der Waals surface area contributed by atoms with Gasteiger partial charge in [0.15, 0.2) is 5.82 Å². The maximum absolute atomic E-state index is 11.4. The smallest absolute Gasteiger partial charge is 0.342 e. The van der Waals surface area contributed by atoms with Gasteiger partial charge in [-0.05, 0) is 38.1 Å². The third kappa shape index (κ3) is 3.70. The van der Waals surface area contributed by atoms with Crippen LogP contribution in [0.25, 0.3) is 11.4 Å². The molecule has 2 rings (SSSR count). The maximum atomic E-state index is 11.4. The van der Waals surface area contributed by atoms with Gasteiger partial charge in [-0.15, -0.1) is 0 Å². The number of rotatable bonds is 4. The number of halogens is 1. The van der Waals surface area contributed by atoms with Gasteiger partial charge >= 0.3 is 5.97 Å². The number of carbonyl (C=O) groups is 1. The second-order valence-electron chi connectivity index (χ2n) is 4.58. The predicted octanol–water partition coefficient (Wildman–Crippen LogP) is 3.37. The molecule has 0 spiro atoms. The Morgan fingerprint density at radius 2 is 1.90 bits per heavy atom. The van der Waals surface area contributed by atoms with Gasteiger partial charge in [0.1, 0.15) is 16.5 Å². The molecule has 0 unspecified atom stereocenters. The Bertz CT molecular complexity index is 642. The summed E-state index contributed by atoms with van der Waals surface area (Å²) >= 11 is 5.98. The summed E-state index contributed by atoms with van der Waals surface area (Å²) in [7, 11) is 1.28. The second kappa shape index (κ2) is 6.54. The molecule has 1 aromatic heterocycles. The van der Waals surface area contributed by atoms with E-state index in [0.29, 0.717) is 5.82 Å². The lowest BCUT2D eigenvalue weighted by Crippen LogP contribution is -2.06. The molecule has 110 valence electrons. The average molecular weight is 307 g/mol. The first-order valence-electron chi connectivity index (χ1n) is 6.39. The van der Waals surface area contributed by atoms with E-state index in [0.717, 1.165) is 11.3 Å². The third-order valence-corrected chi connectivity index (χ3v) is 2.92. The van der Waals surface area contributed by atoms with E-state index < -0.39 is 5.97 Å². The molecule has 21 heavy (non-hydrogen) atoms. The van der Waals surface area contributed by atoms with Crippen molar-refractivity contribution < 1.29 is 14.3 Å². The van der Waals surface area contributed by atoms with Crippen molar-refractivity contribution in [1.29, 1.82) is 0 Å². The third-order valence-electron chi connectivity index (χ3n) is 2.63. The van der Waals surface area contributed by atoms with Crippen LogP contribution in [0.15, 0.2) is 30.5 Å². The fourth-order valence-electron chi connectivity index (χ4n) is 1.70. The molecule has 0 saturated heterocycles. The Morgan fingerprint density at radius 1 is 1.24 bits per heavy atom. The molecule has 6 heteroatoms. The van der Waals surface area contributed by atoms with Gasteiger partial charge in [-0.25, -0.2) is 14.8 Å². The minimum absolute atomic E-state index is 0.0642. The number of methoxy groups -OCH3 is 1. The summed E-state index contributed by atoms with van der Waals surface area (Å²) in [6.45, 7) is 3.92. The zero-order valence-corrected chi connectivity index (χ0v) is 12.7. The molecule has 1 heterocycles. The van der Waals surface area contributed by atoms with Crippen LogP contribution in [0.2, 0.25) is 5.15 Å². The molecule has 0 fully saturated rings. The molecule has 0 N–H and O–H groups in total. The lowest BCUT2D eigenvalue weighted by Gasteiger charge is -2.10. The van der Waals surface area contributed by atoms with Crippen molar-refractivity contribution in [3.05, 3.63) is 41.2 Å². The lowest BCUT2D eigenvalue weighted by molar-refractivity contribution is 0.0600. The summed E-state index contributed by atoms with van der Waals surface area (Å²) in [5, 5.41) is 0.0642. The van der Waals surface area contributed by atoms with Crippen molar-refractivity contribution in [1.82, 2.24) is 9.97 Å². The van der Waals surface area contributed by atoms with Gasteiger partial charge in [0.25, 0.3) is 0 Å². The molecule has 0 aliphatic heterocycles. The molecule has 0 amide bonds. The predicted molar refractivity (Wildman–Crippen MR) is 79.6 cm³/mol. The van der Waals surface area contributed by atoms with Crippen LogP contribution in [0, 0.1) is 0 Å². The zero-order valence-electron chi connectivity index (χ0n) is 12.0. The van der Waals surface area contributed by atoms with E-state index in [1.54, 1.807) is 0 Å². The van der Waals surface area contributed by atoms with Crippen molar-refractivity contribution in [2.24, 2.45) is 0 Å². The highest BCUT2D eigenvalue weighted by atomic mass is 35.5. The normalized spacial score (nSPS) is 10.5. The van der Waals surface area contributed by atoms with Crippen LogP contribution in [-0.2, 0) is 4.74 Å². The highest BCUT2D eigenvalue weighted by molar-refractivity contribution is 6.32. The molecular formula is C15H15ClN2O3. The number of hydrogen-bond donors (Lipinski definition) is 0. The van der Waals surface area contributed by atoms with Crippen molar-refractivity contribution in [2.75, 3.05) is 7.11 Å². The van der Waals surface area contributed by atoms with E-state index in [1.807, 2.05) is 38.1 Å². The monoisotopic (exact) mass is 306 g/mol. The Labute approximate surface area is 127 Å². The quantitative estimate of drug-likeness (QED) is 0.640. The second-order valence-corrected chi connectivity index (χ2v) is 4.94. The first-order valence-corrected chi connectivity index (χ1v) is 6.77. The number of esters is 1. The molecule has 2 aromatic rings. The highest BCUT2D eigenvalue weighted by Gasteiger charge is 2.14. The van der Waals surface area contributed by atoms with Crippen LogP contribution in [0.1, 0.15) is 24.2 Å². The topological polar surface area (TPSA) is 61.3 Å². The highest BCUT2D eigenvalue weighted by Crippen LogP contribution is 2.22. The van der Waals surface area contributed by atoms with E-state index in [2.05, 4.69) is 14.7 Å². The van der Waals surface area contributed by atoms with Crippen molar-refractivity contribution in [3.8, 4) is 17.1 Å². The van der Waals surface area contributed by atoms with Gasteiger partial charge in [-0.1, -0.05) is 11.6 Å². The number of carbonyl (C=O) groups excluding carboxylic acids is 1.